The van der Waals surface area contributed by atoms with Crippen molar-refractivity contribution in [2.24, 2.45) is 5.92 Å². The van der Waals surface area contributed by atoms with Crippen molar-refractivity contribution >= 4 is 23.7 Å². The van der Waals surface area contributed by atoms with Gasteiger partial charge in [-0.05, 0) is 12.1 Å². The van der Waals surface area contributed by atoms with E-state index in [1.807, 2.05) is 0 Å². The first-order valence-corrected chi connectivity index (χ1v) is 6.50. The van der Waals surface area contributed by atoms with Gasteiger partial charge in [-0.15, -0.1) is 0 Å². The number of nitrogens with one attached hydrogen (secondary N) is 1. The van der Waals surface area contributed by atoms with Crippen LogP contribution in [0.3, 0.4) is 0 Å². The lowest BCUT2D eigenvalue weighted by Crippen LogP contribution is -2.36. The lowest BCUT2D eigenvalue weighted by atomic mass is 10.1. The number of nitrogens with zero attached hydrogens (tertiary/aromatic N) is 1. The number of urea groups is 1. The Morgan fingerprint density at radius 1 is 1.35 bits per heavy atom. The van der Waals surface area contributed by atoms with Crippen LogP contribution in [0.5, 0.6) is 0 Å². The van der Waals surface area contributed by atoms with Gasteiger partial charge < -0.3 is 20.1 Å². The summed E-state index contributed by atoms with van der Waals surface area (Å²) < 4.78 is 31.9. The van der Waals surface area contributed by atoms with Gasteiger partial charge in [0.15, 0.2) is 5.82 Å². The molecule has 2 N–H and O–H groups in total. The van der Waals surface area contributed by atoms with Crippen molar-refractivity contribution in [1.29, 1.82) is 0 Å². The number of amides is 2. The number of carbonyl (C=O) groups is 3. The largest absolute Gasteiger partial charge is 0.481 e. The molecular formula is C14H16F2N2O5. The lowest BCUT2D eigenvalue weighted by Gasteiger charge is -2.20. The first-order chi connectivity index (χ1) is 10.7. The smallest absolute Gasteiger partial charge is 0.343 e. The van der Waals surface area contributed by atoms with Crippen LogP contribution in [0.4, 0.5) is 19.3 Å². The number of aliphatic carboxylic acids is 1. The Hall–Kier alpha value is -2.71. The molecule has 0 spiro atoms. The van der Waals surface area contributed by atoms with Gasteiger partial charge >= 0.3 is 18.0 Å². The molecule has 0 fully saturated rings. The summed E-state index contributed by atoms with van der Waals surface area (Å²) in [7, 11) is 2.28. The van der Waals surface area contributed by atoms with E-state index in [9.17, 15) is 23.2 Å². The monoisotopic (exact) mass is 330 g/mol. The molecule has 126 valence electrons. The van der Waals surface area contributed by atoms with E-state index in [0.717, 1.165) is 24.1 Å². The van der Waals surface area contributed by atoms with Gasteiger partial charge in [-0.25, -0.2) is 18.4 Å². The molecule has 23 heavy (non-hydrogen) atoms. The van der Waals surface area contributed by atoms with Crippen molar-refractivity contribution < 1.29 is 33.0 Å². The third-order valence-electron chi connectivity index (χ3n) is 3.04. The number of rotatable bonds is 5. The average Bonchev–Trinajstić information content (AvgIpc) is 2.49. The van der Waals surface area contributed by atoms with Crippen LogP contribution in [-0.2, 0) is 9.53 Å². The molecule has 9 heteroatoms. The number of carboxylic acid groups (broad SMARTS) is 1. The molecule has 1 aromatic carbocycles. The van der Waals surface area contributed by atoms with Gasteiger partial charge in [0.2, 0.25) is 0 Å². The summed E-state index contributed by atoms with van der Waals surface area (Å²) in [6.45, 7) is 1.29. The SMILES string of the molecule is COC(=O)c1c(F)ccc(NC(=O)N(C)CC(C)C(=O)O)c1F. The minimum absolute atomic E-state index is 0.117. The zero-order valence-electron chi connectivity index (χ0n) is 12.7. The Morgan fingerprint density at radius 3 is 2.48 bits per heavy atom. The van der Waals surface area contributed by atoms with E-state index in [0.29, 0.717) is 0 Å². The Morgan fingerprint density at radius 2 is 1.96 bits per heavy atom. The molecule has 0 saturated carbocycles. The van der Waals surface area contributed by atoms with Gasteiger partial charge in [0.1, 0.15) is 11.4 Å². The summed E-state index contributed by atoms with van der Waals surface area (Å²) in [5.41, 5.74) is -1.35. The molecule has 1 rings (SSSR count). The lowest BCUT2D eigenvalue weighted by molar-refractivity contribution is -0.141. The van der Waals surface area contributed by atoms with Crippen LogP contribution in [-0.4, -0.2) is 48.7 Å². The van der Waals surface area contributed by atoms with E-state index in [1.165, 1.54) is 14.0 Å². The predicted octanol–water partition coefficient (Wildman–Crippen LogP) is 1.94. The Bertz CT molecular complexity index is 636. The number of carboxylic acids is 1. The van der Waals surface area contributed by atoms with Crippen LogP contribution >= 0.6 is 0 Å². The quantitative estimate of drug-likeness (QED) is 0.804. The third-order valence-corrected chi connectivity index (χ3v) is 3.04. The van der Waals surface area contributed by atoms with E-state index < -0.39 is 46.8 Å². The molecule has 0 heterocycles. The maximum atomic E-state index is 14.1. The fourth-order valence-electron chi connectivity index (χ4n) is 1.72. The summed E-state index contributed by atoms with van der Waals surface area (Å²) in [6, 6.07) is 0.952. The van der Waals surface area contributed by atoms with Crippen molar-refractivity contribution in [3.8, 4) is 0 Å². The summed E-state index contributed by atoms with van der Waals surface area (Å²) in [5, 5.41) is 10.9. The topological polar surface area (TPSA) is 95.9 Å². The van der Waals surface area contributed by atoms with Gasteiger partial charge in [0, 0.05) is 13.6 Å². The van der Waals surface area contributed by atoms with Gasteiger partial charge in [-0.3, -0.25) is 4.79 Å². The average molecular weight is 330 g/mol. The molecule has 1 aromatic rings. The van der Waals surface area contributed by atoms with E-state index in [1.54, 1.807) is 0 Å². The molecule has 0 aromatic heterocycles. The number of hydrogen-bond acceptors (Lipinski definition) is 4. The molecule has 0 aliphatic carbocycles. The minimum atomic E-state index is -1.27. The molecule has 2 amide bonds. The van der Waals surface area contributed by atoms with Gasteiger partial charge in [-0.1, -0.05) is 6.92 Å². The fraction of sp³-hybridized carbons (Fsp3) is 0.357. The number of ether oxygens (including phenoxy) is 1. The Balaban J connectivity index is 2.95. The number of benzene rings is 1. The van der Waals surface area contributed by atoms with Gasteiger partial charge in [-0.2, -0.15) is 0 Å². The molecule has 0 bridgehead atoms. The molecule has 0 aliphatic rings. The zero-order valence-corrected chi connectivity index (χ0v) is 12.7. The van der Waals surface area contributed by atoms with Crippen molar-refractivity contribution in [2.75, 3.05) is 26.0 Å². The van der Waals surface area contributed by atoms with Crippen molar-refractivity contribution in [2.45, 2.75) is 6.92 Å². The highest BCUT2D eigenvalue weighted by molar-refractivity contribution is 5.94. The second-order valence-electron chi connectivity index (χ2n) is 4.83. The fourth-order valence-corrected chi connectivity index (χ4v) is 1.72. The summed E-state index contributed by atoms with van der Waals surface area (Å²) >= 11 is 0. The van der Waals surface area contributed by atoms with Gasteiger partial charge in [0.05, 0.1) is 18.7 Å². The van der Waals surface area contributed by atoms with Crippen LogP contribution in [0.15, 0.2) is 12.1 Å². The number of methoxy groups -OCH3 is 1. The number of halogens is 2. The second-order valence-corrected chi connectivity index (χ2v) is 4.83. The molecule has 1 atom stereocenters. The number of carbonyl (C=O) groups excluding carboxylic acids is 2. The highest BCUT2D eigenvalue weighted by Crippen LogP contribution is 2.22. The first-order valence-electron chi connectivity index (χ1n) is 6.50. The van der Waals surface area contributed by atoms with E-state index in [-0.39, 0.29) is 6.54 Å². The molecule has 0 radical (unpaired) electrons. The maximum absolute atomic E-state index is 14.1. The van der Waals surface area contributed by atoms with Gasteiger partial charge in [0.25, 0.3) is 0 Å². The highest BCUT2D eigenvalue weighted by atomic mass is 19.1. The Labute approximate surface area is 130 Å². The van der Waals surface area contributed by atoms with E-state index in [2.05, 4.69) is 10.1 Å². The maximum Gasteiger partial charge on any atom is 0.343 e. The van der Waals surface area contributed by atoms with Crippen LogP contribution in [0.1, 0.15) is 17.3 Å². The first kappa shape index (κ1) is 18.3. The normalized spacial score (nSPS) is 11.5. The van der Waals surface area contributed by atoms with Crippen molar-refractivity contribution in [3.05, 3.63) is 29.3 Å². The number of esters is 1. The van der Waals surface area contributed by atoms with Crippen LogP contribution in [0.2, 0.25) is 0 Å². The predicted molar refractivity (Wildman–Crippen MR) is 76.1 cm³/mol. The van der Waals surface area contributed by atoms with Crippen LogP contribution in [0.25, 0.3) is 0 Å². The summed E-state index contributed by atoms with van der Waals surface area (Å²) in [5.74, 6) is -5.53. The summed E-state index contributed by atoms with van der Waals surface area (Å²) in [4.78, 5) is 35.0. The Kier molecular flexibility index (Phi) is 6.00. The standard InChI is InChI=1S/C14H16F2N2O5/c1-7(12(19)20)6-18(2)14(22)17-9-5-4-8(15)10(11(9)16)13(21)23-3/h4-5,7H,6H2,1-3H3,(H,17,22)(H,19,20). The van der Waals surface area contributed by atoms with Crippen LogP contribution < -0.4 is 5.32 Å². The van der Waals surface area contributed by atoms with Crippen LogP contribution in [0, 0.1) is 17.6 Å². The third kappa shape index (κ3) is 4.38. The summed E-state index contributed by atoms with van der Waals surface area (Å²) in [6.07, 6.45) is 0. The van der Waals surface area contributed by atoms with E-state index in [4.69, 9.17) is 5.11 Å². The molecule has 0 saturated heterocycles. The molecule has 7 nitrogen and oxygen atoms in total. The molecular weight excluding hydrogens is 314 g/mol. The number of hydrogen-bond donors (Lipinski definition) is 2. The molecule has 0 aliphatic heterocycles. The highest BCUT2D eigenvalue weighted by Gasteiger charge is 2.23. The van der Waals surface area contributed by atoms with Crippen molar-refractivity contribution in [3.63, 3.8) is 0 Å². The number of anilines is 1. The minimum Gasteiger partial charge on any atom is -0.481 e. The van der Waals surface area contributed by atoms with E-state index >= 15 is 0 Å². The zero-order chi connectivity index (χ0) is 17.7. The molecule has 1 unspecified atom stereocenters. The van der Waals surface area contributed by atoms with Crippen molar-refractivity contribution in [1.82, 2.24) is 4.90 Å². The second kappa shape index (κ2) is 7.52.